The van der Waals surface area contributed by atoms with Gasteiger partial charge in [0.2, 0.25) is 6.20 Å². The second-order valence-corrected chi connectivity index (χ2v) is 3.43. The van der Waals surface area contributed by atoms with Crippen LogP contribution in [0.5, 0.6) is 5.88 Å². The molecule has 0 saturated heterocycles. The van der Waals surface area contributed by atoms with Crippen molar-refractivity contribution in [2.75, 3.05) is 12.4 Å². The van der Waals surface area contributed by atoms with Crippen molar-refractivity contribution in [2.24, 2.45) is 0 Å². The lowest BCUT2D eigenvalue weighted by molar-refractivity contribution is -0.669. The van der Waals surface area contributed by atoms with Crippen molar-refractivity contribution in [3.8, 4) is 5.88 Å². The van der Waals surface area contributed by atoms with Gasteiger partial charge in [0.1, 0.15) is 5.69 Å². The van der Waals surface area contributed by atoms with Crippen LogP contribution >= 0.6 is 0 Å². The maximum absolute atomic E-state index is 11.3. The van der Waals surface area contributed by atoms with Crippen molar-refractivity contribution < 1.29 is 14.4 Å². The van der Waals surface area contributed by atoms with Crippen LogP contribution in [-0.2, 0) is 0 Å². The van der Waals surface area contributed by atoms with E-state index in [1.54, 1.807) is 0 Å². The van der Waals surface area contributed by atoms with Gasteiger partial charge < -0.3 is 20.6 Å². The Morgan fingerprint density at radius 3 is 2.88 bits per heavy atom. The van der Waals surface area contributed by atoms with E-state index in [2.05, 4.69) is 15.7 Å². The number of aromatic nitrogens is 2. The number of anilines is 1. The quantitative estimate of drug-likeness (QED) is 0.571. The number of hydrogen-bond acceptors (Lipinski definition) is 4. The Morgan fingerprint density at radius 2 is 2.31 bits per heavy atom. The van der Waals surface area contributed by atoms with Gasteiger partial charge in [-0.1, -0.05) is 4.85 Å². The number of hydrogen-bond donors (Lipinski definition) is 2. The molecule has 0 aromatic carbocycles. The summed E-state index contributed by atoms with van der Waals surface area (Å²) in [6.07, 6.45) is 1.14. The Bertz CT molecular complexity index is 381. The van der Waals surface area contributed by atoms with Crippen LogP contribution in [0.4, 0.5) is 10.5 Å². The Morgan fingerprint density at radius 1 is 1.62 bits per heavy atom. The summed E-state index contributed by atoms with van der Waals surface area (Å²) in [6, 6.07) is 1.08. The molecule has 16 heavy (non-hydrogen) atoms. The summed E-state index contributed by atoms with van der Waals surface area (Å²) in [5.41, 5.74) is 0.319. The van der Waals surface area contributed by atoms with E-state index in [0.717, 1.165) is 6.20 Å². The van der Waals surface area contributed by atoms with Gasteiger partial charge in [-0.3, -0.25) is 0 Å². The molecule has 1 aromatic rings. The maximum Gasteiger partial charge on any atom is 0.319 e. The molecule has 7 heteroatoms. The van der Waals surface area contributed by atoms with E-state index in [1.165, 1.54) is 13.2 Å². The average molecular weight is 226 g/mol. The first-order valence-electron chi connectivity index (χ1n) is 4.74. The summed E-state index contributed by atoms with van der Waals surface area (Å²) in [4.78, 5) is 11.7. The van der Waals surface area contributed by atoms with Gasteiger partial charge in [0.15, 0.2) is 0 Å². The van der Waals surface area contributed by atoms with Gasteiger partial charge in [-0.25, -0.2) is 4.79 Å². The normalized spacial score (nSPS) is 10.0. The molecule has 0 atom stereocenters. The van der Waals surface area contributed by atoms with Gasteiger partial charge in [0.05, 0.1) is 12.2 Å². The van der Waals surface area contributed by atoms with Crippen LogP contribution in [0.3, 0.4) is 0 Å². The summed E-state index contributed by atoms with van der Waals surface area (Å²) in [5.74, 6) is 0.136. The van der Waals surface area contributed by atoms with Crippen molar-refractivity contribution in [2.45, 2.75) is 19.9 Å². The second kappa shape index (κ2) is 5.15. The predicted molar refractivity (Wildman–Crippen MR) is 57.0 cm³/mol. The minimum atomic E-state index is -0.386. The van der Waals surface area contributed by atoms with Crippen LogP contribution < -0.4 is 20.2 Å². The molecule has 1 rings (SSSR count). The van der Waals surface area contributed by atoms with Gasteiger partial charge in [-0.15, -0.1) is 0 Å². The third kappa shape index (κ3) is 3.60. The zero-order chi connectivity index (χ0) is 12.1. The van der Waals surface area contributed by atoms with Crippen LogP contribution in [0.2, 0.25) is 0 Å². The zero-order valence-electron chi connectivity index (χ0n) is 9.35. The lowest BCUT2D eigenvalue weighted by atomic mass is 10.4. The molecule has 0 aliphatic rings. The molecule has 0 spiro atoms. The Balaban J connectivity index is 2.73. The monoisotopic (exact) mass is 226 g/mol. The molecule has 0 aliphatic heterocycles. The number of rotatable bonds is 3. The van der Waals surface area contributed by atoms with Gasteiger partial charge >= 0.3 is 6.03 Å². The number of amides is 2. The molecular weight excluding hydrogens is 212 g/mol. The van der Waals surface area contributed by atoms with Crippen molar-refractivity contribution in [1.82, 2.24) is 10.4 Å². The molecule has 0 radical (unpaired) electrons. The molecule has 2 N–H and O–H groups in total. The molecule has 7 nitrogen and oxygen atoms in total. The van der Waals surface area contributed by atoms with Crippen molar-refractivity contribution in [3.63, 3.8) is 0 Å². The first-order chi connectivity index (χ1) is 7.51. The molecule has 0 aliphatic carbocycles. The topological polar surface area (TPSA) is 90.2 Å². The van der Waals surface area contributed by atoms with Gasteiger partial charge in [0.25, 0.3) is 5.88 Å². The highest BCUT2D eigenvalue weighted by Gasteiger charge is 2.09. The second-order valence-electron chi connectivity index (χ2n) is 3.43. The largest absolute Gasteiger partial charge is 0.594 e. The zero-order valence-corrected chi connectivity index (χ0v) is 9.35. The van der Waals surface area contributed by atoms with Gasteiger partial charge in [-0.05, 0) is 13.8 Å². The summed E-state index contributed by atoms with van der Waals surface area (Å²) in [5, 5.41) is 19.6. The first kappa shape index (κ1) is 12.0. The first-order valence-corrected chi connectivity index (χ1v) is 4.74. The molecule has 2 amide bonds. The number of urea groups is 1. The minimum Gasteiger partial charge on any atom is -0.594 e. The third-order valence-electron chi connectivity index (χ3n) is 1.61. The molecule has 0 unspecified atom stereocenters. The molecule has 0 fully saturated rings. The summed E-state index contributed by atoms with van der Waals surface area (Å²) < 4.78 is 4.79. The average Bonchev–Trinajstić information content (AvgIpc) is 2.14. The number of nitrogens with zero attached hydrogens (tertiary/aromatic N) is 2. The number of carbonyl (C=O) groups excluding carboxylic acids is 1. The fourth-order valence-corrected chi connectivity index (χ4v) is 1.04. The third-order valence-corrected chi connectivity index (χ3v) is 1.61. The van der Waals surface area contributed by atoms with E-state index in [9.17, 15) is 10.0 Å². The molecular formula is C9H14N4O3. The highest BCUT2D eigenvalue weighted by Crippen LogP contribution is 2.10. The Kier molecular flexibility index (Phi) is 3.87. The van der Waals surface area contributed by atoms with Crippen molar-refractivity contribution in [1.29, 1.82) is 0 Å². The van der Waals surface area contributed by atoms with Crippen LogP contribution in [0, 0.1) is 5.21 Å². The lowest BCUT2D eigenvalue weighted by Gasteiger charge is -2.09. The van der Waals surface area contributed by atoms with E-state index < -0.39 is 0 Å². The van der Waals surface area contributed by atoms with E-state index in [4.69, 9.17) is 4.74 Å². The van der Waals surface area contributed by atoms with E-state index >= 15 is 0 Å². The Labute approximate surface area is 93.0 Å². The van der Waals surface area contributed by atoms with E-state index in [-0.39, 0.29) is 18.0 Å². The molecule has 0 bridgehead atoms. The molecule has 88 valence electrons. The smallest absolute Gasteiger partial charge is 0.319 e. The number of nitrogens with one attached hydrogen (secondary N) is 2. The highest BCUT2D eigenvalue weighted by atomic mass is 16.5. The summed E-state index contributed by atoms with van der Waals surface area (Å²) >= 11 is 0. The fraction of sp³-hybridized carbons (Fsp3) is 0.444. The standard InChI is InChI=1S/C9H14N4O3/c1-6(2)10-9(14)11-7-4-8(16-3)12-13(15)5-7/h4-6H,1-3H3,(H2,10,11,14). The van der Waals surface area contributed by atoms with Gasteiger partial charge in [-0.2, -0.15) is 0 Å². The number of ether oxygens (including phenoxy) is 1. The van der Waals surface area contributed by atoms with Crippen LogP contribution in [0.15, 0.2) is 12.3 Å². The molecule has 1 aromatic heterocycles. The molecule has 0 saturated carbocycles. The Hall–Kier alpha value is -2.05. The lowest BCUT2D eigenvalue weighted by Crippen LogP contribution is -2.36. The SMILES string of the molecule is COc1cc(NC(=O)NC(C)C)c[n+]([O-])n1. The predicted octanol–water partition coefficient (Wildman–Crippen LogP) is 0.253. The van der Waals surface area contributed by atoms with Crippen molar-refractivity contribution in [3.05, 3.63) is 17.5 Å². The highest BCUT2D eigenvalue weighted by molar-refractivity contribution is 5.89. The fourth-order valence-electron chi connectivity index (χ4n) is 1.04. The summed E-state index contributed by atoms with van der Waals surface area (Å²) in [6.45, 7) is 3.67. The van der Waals surface area contributed by atoms with Crippen molar-refractivity contribution >= 4 is 11.7 Å². The maximum atomic E-state index is 11.3. The van der Waals surface area contributed by atoms with E-state index in [0.29, 0.717) is 10.5 Å². The minimum absolute atomic E-state index is 0.0168. The van der Waals surface area contributed by atoms with E-state index in [1.807, 2.05) is 13.8 Å². The van der Waals surface area contributed by atoms with Gasteiger partial charge in [0, 0.05) is 12.1 Å². The van der Waals surface area contributed by atoms with Crippen LogP contribution in [-0.4, -0.2) is 24.3 Å². The summed E-state index contributed by atoms with van der Waals surface area (Å²) in [7, 11) is 1.39. The molecule has 1 heterocycles. The van der Waals surface area contributed by atoms with Crippen LogP contribution in [0.1, 0.15) is 13.8 Å². The number of carbonyl (C=O) groups is 1. The number of methoxy groups -OCH3 is 1. The van der Waals surface area contributed by atoms with Crippen LogP contribution in [0.25, 0.3) is 0 Å².